The highest BCUT2D eigenvalue weighted by Crippen LogP contribution is 1.91. The summed E-state index contributed by atoms with van der Waals surface area (Å²) in [5, 5.41) is 0. The number of hydrogen-bond acceptors (Lipinski definition) is 1. The van der Waals surface area contributed by atoms with Gasteiger partial charge in [0.2, 0.25) is 0 Å². The van der Waals surface area contributed by atoms with Gasteiger partial charge < -0.3 is 0 Å². The summed E-state index contributed by atoms with van der Waals surface area (Å²) in [5.41, 5.74) is 0. The fraction of sp³-hybridized carbons (Fsp3) is 0.500. The zero-order valence-corrected chi connectivity index (χ0v) is 9.03. The summed E-state index contributed by atoms with van der Waals surface area (Å²) >= 11 is 0. The molecule has 0 aromatic carbocycles. The quantitative estimate of drug-likeness (QED) is 0.566. The summed E-state index contributed by atoms with van der Waals surface area (Å²) in [5.74, 6) is 0. The van der Waals surface area contributed by atoms with Gasteiger partial charge in [0.15, 0.2) is 0 Å². The minimum absolute atomic E-state index is 1.03. The Hall–Kier alpha value is -0.820. The smallest absolute Gasteiger partial charge is 0.0169 e. The Bertz CT molecular complexity index is 144. The molecule has 0 amide bonds. The van der Waals surface area contributed by atoms with E-state index in [4.69, 9.17) is 0 Å². The molecule has 0 aromatic heterocycles. The summed E-state index contributed by atoms with van der Waals surface area (Å²) in [6.45, 7) is 9.28. The van der Waals surface area contributed by atoms with Gasteiger partial charge in [-0.1, -0.05) is 36.5 Å². The van der Waals surface area contributed by atoms with Crippen molar-refractivity contribution in [1.29, 1.82) is 0 Å². The average Bonchev–Trinajstić information content (AvgIpc) is 2.17. The van der Waals surface area contributed by atoms with E-state index < -0.39 is 0 Å². The van der Waals surface area contributed by atoms with Gasteiger partial charge in [0.05, 0.1) is 0 Å². The van der Waals surface area contributed by atoms with Crippen LogP contribution in [-0.4, -0.2) is 24.5 Å². The molecule has 0 bridgehead atoms. The highest BCUT2D eigenvalue weighted by atomic mass is 15.1. The topological polar surface area (TPSA) is 3.24 Å². The van der Waals surface area contributed by atoms with Gasteiger partial charge in [-0.05, 0) is 20.8 Å². The minimum atomic E-state index is 1.03. The molecule has 74 valence electrons. The molecule has 0 aliphatic carbocycles. The molecule has 1 heteroatoms. The summed E-state index contributed by atoms with van der Waals surface area (Å²) in [6, 6.07) is 0. The van der Waals surface area contributed by atoms with Crippen LogP contribution in [0.4, 0.5) is 0 Å². The first-order valence-electron chi connectivity index (χ1n) is 4.91. The maximum atomic E-state index is 2.38. The van der Waals surface area contributed by atoms with Crippen molar-refractivity contribution >= 4 is 0 Å². The molecule has 1 nitrogen and oxygen atoms in total. The van der Waals surface area contributed by atoms with Crippen LogP contribution in [0.1, 0.15) is 20.8 Å². The van der Waals surface area contributed by atoms with Gasteiger partial charge in [-0.3, -0.25) is 4.90 Å². The van der Waals surface area contributed by atoms with Crippen LogP contribution in [0.15, 0.2) is 36.5 Å². The van der Waals surface area contributed by atoms with Crippen LogP contribution < -0.4 is 0 Å². The normalized spacial score (nSPS) is 12.9. The molecule has 0 aromatic rings. The molecule has 0 saturated carbocycles. The second-order valence-corrected chi connectivity index (χ2v) is 2.93. The first-order chi connectivity index (χ1) is 6.35. The van der Waals surface area contributed by atoms with Gasteiger partial charge in [-0.2, -0.15) is 0 Å². The third kappa shape index (κ3) is 7.54. The predicted octanol–water partition coefficient (Wildman–Crippen LogP) is 3.02. The standard InChI is InChI=1S/C12H21N/c1-4-7-10-13(11-8-5-2)12-9-6-3/h4-9H,10-12H2,1-3H3/b7-4+,8-5+,9-6+. The Kier molecular flexibility index (Phi) is 8.68. The van der Waals surface area contributed by atoms with Crippen molar-refractivity contribution in [2.45, 2.75) is 20.8 Å². The van der Waals surface area contributed by atoms with Crippen molar-refractivity contribution in [3.05, 3.63) is 36.5 Å². The maximum Gasteiger partial charge on any atom is 0.0169 e. The van der Waals surface area contributed by atoms with Crippen molar-refractivity contribution in [1.82, 2.24) is 4.90 Å². The number of allylic oxidation sites excluding steroid dienone is 3. The molecule has 0 rings (SSSR count). The Balaban J connectivity index is 3.86. The summed E-state index contributed by atoms with van der Waals surface area (Å²) < 4.78 is 0. The van der Waals surface area contributed by atoms with E-state index >= 15 is 0 Å². The Morgan fingerprint density at radius 1 is 0.692 bits per heavy atom. The van der Waals surface area contributed by atoms with Crippen LogP contribution in [-0.2, 0) is 0 Å². The van der Waals surface area contributed by atoms with E-state index in [0.29, 0.717) is 0 Å². The van der Waals surface area contributed by atoms with Crippen molar-refractivity contribution in [2.75, 3.05) is 19.6 Å². The molecule has 0 heterocycles. The fourth-order valence-electron chi connectivity index (χ4n) is 0.987. The molecule has 0 unspecified atom stereocenters. The molecule has 0 aliphatic rings. The summed E-state index contributed by atoms with van der Waals surface area (Å²) in [6.07, 6.45) is 12.8. The lowest BCUT2D eigenvalue weighted by atomic mass is 10.4. The lowest BCUT2D eigenvalue weighted by Gasteiger charge is -2.16. The van der Waals surface area contributed by atoms with Crippen LogP contribution in [0.25, 0.3) is 0 Å². The Morgan fingerprint density at radius 3 is 1.23 bits per heavy atom. The monoisotopic (exact) mass is 179 g/mol. The molecular weight excluding hydrogens is 158 g/mol. The fourth-order valence-corrected chi connectivity index (χ4v) is 0.987. The van der Waals surface area contributed by atoms with Gasteiger partial charge in [0.1, 0.15) is 0 Å². The number of nitrogens with zero attached hydrogens (tertiary/aromatic N) is 1. The van der Waals surface area contributed by atoms with Crippen LogP contribution in [0.5, 0.6) is 0 Å². The van der Waals surface area contributed by atoms with Gasteiger partial charge in [0.25, 0.3) is 0 Å². The van der Waals surface area contributed by atoms with E-state index in [1.807, 2.05) is 0 Å². The first-order valence-corrected chi connectivity index (χ1v) is 4.91. The highest BCUT2D eigenvalue weighted by molar-refractivity contribution is 4.90. The molecule has 0 saturated heterocycles. The number of hydrogen-bond donors (Lipinski definition) is 0. The van der Waals surface area contributed by atoms with Crippen molar-refractivity contribution in [3.63, 3.8) is 0 Å². The zero-order chi connectivity index (χ0) is 9.94. The van der Waals surface area contributed by atoms with Gasteiger partial charge in [-0.25, -0.2) is 0 Å². The van der Waals surface area contributed by atoms with Crippen LogP contribution in [0.2, 0.25) is 0 Å². The van der Waals surface area contributed by atoms with Crippen LogP contribution >= 0.6 is 0 Å². The molecule has 0 radical (unpaired) electrons. The second-order valence-electron chi connectivity index (χ2n) is 2.93. The molecule has 0 spiro atoms. The van der Waals surface area contributed by atoms with E-state index in [0.717, 1.165) is 19.6 Å². The molecule has 13 heavy (non-hydrogen) atoms. The average molecular weight is 179 g/mol. The predicted molar refractivity (Wildman–Crippen MR) is 60.9 cm³/mol. The van der Waals surface area contributed by atoms with Gasteiger partial charge in [-0.15, -0.1) is 0 Å². The van der Waals surface area contributed by atoms with Crippen molar-refractivity contribution in [3.8, 4) is 0 Å². The van der Waals surface area contributed by atoms with Crippen LogP contribution in [0, 0.1) is 0 Å². The van der Waals surface area contributed by atoms with Gasteiger partial charge >= 0.3 is 0 Å². The lowest BCUT2D eigenvalue weighted by molar-refractivity contribution is 0.372. The molecule has 0 aliphatic heterocycles. The highest BCUT2D eigenvalue weighted by Gasteiger charge is 1.95. The summed E-state index contributed by atoms with van der Waals surface area (Å²) in [7, 11) is 0. The van der Waals surface area contributed by atoms with E-state index in [9.17, 15) is 0 Å². The van der Waals surface area contributed by atoms with Crippen molar-refractivity contribution in [2.24, 2.45) is 0 Å². The Morgan fingerprint density at radius 2 is 1.00 bits per heavy atom. The summed E-state index contributed by atoms with van der Waals surface area (Å²) in [4.78, 5) is 2.38. The largest absolute Gasteiger partial charge is 0.292 e. The third-order valence-corrected chi connectivity index (χ3v) is 1.80. The van der Waals surface area contributed by atoms with Gasteiger partial charge in [0, 0.05) is 19.6 Å². The van der Waals surface area contributed by atoms with Crippen molar-refractivity contribution < 1.29 is 0 Å². The Labute approximate surface area is 82.4 Å². The molecule has 0 fully saturated rings. The zero-order valence-electron chi connectivity index (χ0n) is 9.03. The lowest BCUT2D eigenvalue weighted by Crippen LogP contribution is -2.23. The van der Waals surface area contributed by atoms with E-state index in [2.05, 4.69) is 62.1 Å². The number of rotatable bonds is 6. The van der Waals surface area contributed by atoms with E-state index in [1.54, 1.807) is 0 Å². The van der Waals surface area contributed by atoms with E-state index in [-0.39, 0.29) is 0 Å². The minimum Gasteiger partial charge on any atom is -0.292 e. The maximum absolute atomic E-state index is 2.38. The third-order valence-electron chi connectivity index (χ3n) is 1.80. The molecular formula is C12H21N. The SMILES string of the molecule is C/C=C/CN(C/C=C/C)C/C=C/C. The van der Waals surface area contributed by atoms with E-state index in [1.165, 1.54) is 0 Å². The first kappa shape index (κ1) is 12.2. The second kappa shape index (κ2) is 9.27. The molecule has 0 N–H and O–H groups in total. The molecule has 0 atom stereocenters. The van der Waals surface area contributed by atoms with Crippen LogP contribution in [0.3, 0.4) is 0 Å².